The van der Waals surface area contributed by atoms with Crippen molar-refractivity contribution in [2.75, 3.05) is 9.80 Å². The lowest BCUT2D eigenvalue weighted by Crippen LogP contribution is -2.11. The predicted molar refractivity (Wildman–Crippen MR) is 294 cm³/mol. The van der Waals surface area contributed by atoms with Gasteiger partial charge in [0, 0.05) is 65.8 Å². The minimum absolute atomic E-state index is 0.451. The standard InChI is InChI=1S/C65H39N3O4/c1-37-13-3-7-19-53(37)67(55-21-11-17-47-45-15-5-9-23-57(45)70-64(47)55)43-27-25-39-31-49-50-35-61-62(52(36-66)63(50)72-59(49)33-41(39)29-43)51-32-40-26-28-44(30-42(40)34-60(51)69-61)68(54-20-8-4-14-38(54)2)56-22-12-18-48-46-16-6-10-24-58(46)71-65(48)56/h3-35H,1-2H3. The second-order valence-corrected chi connectivity index (χ2v) is 18.8. The Bertz CT molecular complexity index is 4650. The van der Waals surface area contributed by atoms with Crippen molar-refractivity contribution in [3.8, 4) is 6.07 Å². The average molecular weight is 926 g/mol. The van der Waals surface area contributed by atoms with Crippen LogP contribution in [0.4, 0.5) is 34.1 Å². The molecule has 11 aromatic carbocycles. The van der Waals surface area contributed by atoms with Crippen LogP contribution >= 0.6 is 0 Å². The Morgan fingerprint density at radius 2 is 0.806 bits per heavy atom. The molecular weight excluding hydrogens is 887 g/mol. The number of rotatable bonds is 6. The molecule has 7 heteroatoms. The topological polar surface area (TPSA) is 82.8 Å². The quantitative estimate of drug-likeness (QED) is 0.164. The molecule has 4 heterocycles. The van der Waals surface area contributed by atoms with Gasteiger partial charge in [0.1, 0.15) is 39.5 Å². The summed E-state index contributed by atoms with van der Waals surface area (Å²) >= 11 is 0. The highest BCUT2D eigenvalue weighted by Crippen LogP contribution is 2.48. The SMILES string of the molecule is Cc1ccccc1N(c1ccc2cc3c(cc2c1)oc1c(C#N)c2c(cc13)oc1cc3cc(N(c4ccccc4C)c4cccc5c4oc4ccccc45)ccc3cc12)c1cccc2c1oc1ccccc12. The van der Waals surface area contributed by atoms with Gasteiger partial charge >= 0.3 is 0 Å². The summed E-state index contributed by atoms with van der Waals surface area (Å²) in [5, 5.41) is 22.7. The van der Waals surface area contributed by atoms with Crippen LogP contribution in [0, 0.1) is 25.2 Å². The highest BCUT2D eigenvalue weighted by atomic mass is 16.3. The molecule has 72 heavy (non-hydrogen) atoms. The van der Waals surface area contributed by atoms with Gasteiger partial charge in [-0.1, -0.05) is 109 Å². The van der Waals surface area contributed by atoms with Crippen LogP contribution in [-0.2, 0) is 0 Å². The Balaban J connectivity index is 0.865. The van der Waals surface area contributed by atoms with Crippen molar-refractivity contribution in [3.05, 3.63) is 217 Å². The molecule has 0 N–H and O–H groups in total. The molecule has 0 saturated carbocycles. The molecule has 0 aliphatic rings. The molecule has 0 bridgehead atoms. The van der Waals surface area contributed by atoms with E-state index in [1.54, 1.807) is 0 Å². The summed E-state index contributed by atoms with van der Waals surface area (Å²) in [6.45, 7) is 4.27. The molecule has 0 aliphatic heterocycles. The average Bonchev–Trinajstić information content (AvgIpc) is 4.18. The van der Waals surface area contributed by atoms with Gasteiger partial charge < -0.3 is 27.5 Å². The van der Waals surface area contributed by atoms with Gasteiger partial charge in [-0.15, -0.1) is 0 Å². The van der Waals surface area contributed by atoms with Crippen LogP contribution < -0.4 is 9.80 Å². The minimum atomic E-state index is 0.451. The molecule has 0 atom stereocenters. The number of nitriles is 1. The smallest absolute Gasteiger partial charge is 0.159 e. The van der Waals surface area contributed by atoms with Gasteiger partial charge in [-0.3, -0.25) is 0 Å². The van der Waals surface area contributed by atoms with E-state index < -0.39 is 0 Å². The maximum absolute atomic E-state index is 11.0. The summed E-state index contributed by atoms with van der Waals surface area (Å²) in [4.78, 5) is 4.56. The molecule has 0 amide bonds. The lowest BCUT2D eigenvalue weighted by Gasteiger charge is -2.27. The molecule has 15 rings (SSSR count). The third kappa shape index (κ3) is 5.84. The number of furan rings is 4. The summed E-state index contributed by atoms with van der Waals surface area (Å²) in [6.07, 6.45) is 0. The van der Waals surface area contributed by atoms with Gasteiger partial charge in [0.25, 0.3) is 0 Å². The van der Waals surface area contributed by atoms with Crippen molar-refractivity contribution in [1.29, 1.82) is 5.26 Å². The van der Waals surface area contributed by atoms with Crippen molar-refractivity contribution < 1.29 is 17.7 Å². The maximum Gasteiger partial charge on any atom is 0.159 e. The van der Waals surface area contributed by atoms with Crippen LogP contribution in [0.3, 0.4) is 0 Å². The number of hydrogen-bond acceptors (Lipinski definition) is 7. The molecule has 7 nitrogen and oxygen atoms in total. The van der Waals surface area contributed by atoms with E-state index in [0.29, 0.717) is 27.9 Å². The maximum atomic E-state index is 11.0. The van der Waals surface area contributed by atoms with E-state index in [0.717, 1.165) is 132 Å². The van der Waals surface area contributed by atoms with Crippen molar-refractivity contribution in [2.24, 2.45) is 0 Å². The number of fused-ring (bicyclic) bond motifs is 14. The fourth-order valence-electron chi connectivity index (χ4n) is 11.3. The monoisotopic (exact) mass is 925 g/mol. The lowest BCUT2D eigenvalue weighted by atomic mass is 9.99. The molecule has 338 valence electrons. The first-order valence-electron chi connectivity index (χ1n) is 24.1. The molecule has 0 spiro atoms. The third-order valence-corrected chi connectivity index (χ3v) is 14.7. The first kappa shape index (κ1) is 40.1. The normalized spacial score (nSPS) is 12.0. The Labute approximate surface area is 411 Å². The summed E-state index contributed by atoms with van der Waals surface area (Å²) in [6, 6.07) is 72.0. The Morgan fingerprint density at radius 1 is 0.333 bits per heavy atom. The van der Waals surface area contributed by atoms with E-state index in [-0.39, 0.29) is 0 Å². The number of hydrogen-bond donors (Lipinski definition) is 0. The highest BCUT2D eigenvalue weighted by Gasteiger charge is 2.25. The second kappa shape index (κ2) is 15.1. The Hall–Kier alpha value is -9.77. The van der Waals surface area contributed by atoms with Gasteiger partial charge in [0.05, 0.1) is 11.4 Å². The minimum Gasteiger partial charge on any atom is -0.456 e. The number of nitrogens with zero attached hydrogens (tertiary/aromatic N) is 3. The number of benzene rings is 11. The van der Waals surface area contributed by atoms with Gasteiger partial charge in [0.2, 0.25) is 0 Å². The van der Waals surface area contributed by atoms with Crippen molar-refractivity contribution in [2.45, 2.75) is 13.8 Å². The summed E-state index contributed by atoms with van der Waals surface area (Å²) in [5.41, 5.74) is 14.6. The summed E-state index contributed by atoms with van der Waals surface area (Å²) in [5.74, 6) is 0. The summed E-state index contributed by atoms with van der Waals surface area (Å²) < 4.78 is 26.7. The van der Waals surface area contributed by atoms with Crippen molar-refractivity contribution in [3.63, 3.8) is 0 Å². The van der Waals surface area contributed by atoms with Crippen LogP contribution in [0.2, 0.25) is 0 Å². The first-order chi connectivity index (χ1) is 35.5. The Kier molecular flexibility index (Phi) is 8.43. The van der Waals surface area contributed by atoms with E-state index in [4.69, 9.17) is 17.7 Å². The number of para-hydroxylation sites is 6. The zero-order valence-electron chi connectivity index (χ0n) is 39.0. The fraction of sp³-hybridized carbons (Fsp3) is 0.0308. The highest BCUT2D eigenvalue weighted by molar-refractivity contribution is 6.21. The van der Waals surface area contributed by atoms with Crippen molar-refractivity contribution in [1.82, 2.24) is 0 Å². The van der Waals surface area contributed by atoms with E-state index in [2.05, 4.69) is 187 Å². The molecule has 0 radical (unpaired) electrons. The second-order valence-electron chi connectivity index (χ2n) is 18.8. The van der Waals surface area contributed by atoms with Gasteiger partial charge in [0.15, 0.2) is 16.7 Å². The fourth-order valence-corrected chi connectivity index (χ4v) is 11.3. The predicted octanol–water partition coefficient (Wildman–Crippen LogP) is 19.0. The van der Waals surface area contributed by atoms with Crippen LogP contribution in [0.1, 0.15) is 16.7 Å². The Morgan fingerprint density at radius 3 is 1.36 bits per heavy atom. The van der Waals surface area contributed by atoms with Gasteiger partial charge in [-0.25, -0.2) is 0 Å². The first-order valence-corrected chi connectivity index (χ1v) is 24.1. The molecular formula is C65H39N3O4. The van der Waals surface area contributed by atoms with E-state index in [1.165, 1.54) is 0 Å². The van der Waals surface area contributed by atoms with Crippen LogP contribution in [0.25, 0.3) is 109 Å². The van der Waals surface area contributed by atoms with E-state index in [9.17, 15) is 5.26 Å². The molecule has 0 fully saturated rings. The molecule has 4 aromatic heterocycles. The van der Waals surface area contributed by atoms with Crippen LogP contribution in [0.15, 0.2) is 218 Å². The third-order valence-electron chi connectivity index (χ3n) is 14.7. The van der Waals surface area contributed by atoms with Gasteiger partial charge in [-0.2, -0.15) is 5.26 Å². The zero-order valence-corrected chi connectivity index (χ0v) is 39.0. The molecule has 0 unspecified atom stereocenters. The molecule has 0 saturated heterocycles. The molecule has 0 aliphatic carbocycles. The number of anilines is 6. The summed E-state index contributed by atoms with van der Waals surface area (Å²) in [7, 11) is 0. The van der Waals surface area contributed by atoms with Crippen molar-refractivity contribution >= 4 is 143 Å². The largest absolute Gasteiger partial charge is 0.456 e. The van der Waals surface area contributed by atoms with E-state index in [1.807, 2.05) is 42.5 Å². The zero-order chi connectivity index (χ0) is 47.8. The van der Waals surface area contributed by atoms with Crippen LogP contribution in [0.5, 0.6) is 0 Å². The van der Waals surface area contributed by atoms with E-state index >= 15 is 0 Å². The molecule has 15 aromatic rings. The van der Waals surface area contributed by atoms with Gasteiger partial charge in [-0.05, 0) is 138 Å². The van der Waals surface area contributed by atoms with Crippen LogP contribution in [-0.4, -0.2) is 0 Å². The lowest BCUT2D eigenvalue weighted by molar-refractivity contribution is 0.663. The number of aryl methyl sites for hydroxylation is 2.